The first-order chi connectivity index (χ1) is 8.63. The summed E-state index contributed by atoms with van der Waals surface area (Å²) in [7, 11) is 0. The smallest absolute Gasteiger partial charge is 0.235 e. The van der Waals surface area contributed by atoms with Crippen LogP contribution in [-0.2, 0) is 11.3 Å². The topological polar surface area (TPSA) is 109 Å². The maximum absolute atomic E-state index is 11.0. The number of pyridine rings is 1. The molecule has 0 spiro atoms. The summed E-state index contributed by atoms with van der Waals surface area (Å²) in [6, 6.07) is 5.12. The van der Waals surface area contributed by atoms with Gasteiger partial charge < -0.3 is 11.5 Å². The normalized spacial score (nSPS) is 12.1. The van der Waals surface area contributed by atoms with Gasteiger partial charge >= 0.3 is 0 Å². The van der Waals surface area contributed by atoms with Gasteiger partial charge in [-0.15, -0.1) is 0 Å². The number of nitriles is 1. The zero-order valence-electron chi connectivity index (χ0n) is 10.1. The Kier molecular flexibility index (Phi) is 5.77. The minimum absolute atomic E-state index is 0.339. The van der Waals surface area contributed by atoms with E-state index in [1.165, 1.54) is 0 Å². The van der Waals surface area contributed by atoms with Crippen molar-refractivity contribution in [3.8, 4) is 6.07 Å². The van der Waals surface area contributed by atoms with Crippen LogP contribution >= 0.6 is 0 Å². The van der Waals surface area contributed by atoms with Crippen molar-refractivity contribution in [1.82, 2.24) is 9.88 Å². The van der Waals surface area contributed by atoms with Crippen LogP contribution in [-0.4, -0.2) is 34.9 Å². The Hall–Kier alpha value is -1.97. The fourth-order valence-electron chi connectivity index (χ4n) is 1.56. The van der Waals surface area contributed by atoms with Crippen molar-refractivity contribution < 1.29 is 4.79 Å². The van der Waals surface area contributed by atoms with Crippen molar-refractivity contribution in [3.05, 3.63) is 30.1 Å². The van der Waals surface area contributed by atoms with Crippen LogP contribution in [0.4, 0.5) is 0 Å². The minimum atomic E-state index is -0.722. The van der Waals surface area contributed by atoms with Crippen LogP contribution in [0, 0.1) is 11.3 Å². The zero-order valence-corrected chi connectivity index (χ0v) is 10.1. The molecule has 0 aliphatic carbocycles. The van der Waals surface area contributed by atoms with Gasteiger partial charge in [0.1, 0.15) is 0 Å². The fourth-order valence-corrected chi connectivity index (χ4v) is 1.56. The maximum Gasteiger partial charge on any atom is 0.235 e. The van der Waals surface area contributed by atoms with Gasteiger partial charge in [-0.2, -0.15) is 5.26 Å². The highest BCUT2D eigenvalue weighted by molar-refractivity contribution is 5.79. The highest BCUT2D eigenvalue weighted by Crippen LogP contribution is 2.04. The second kappa shape index (κ2) is 7.37. The number of hydrogen-bond acceptors (Lipinski definition) is 5. The summed E-state index contributed by atoms with van der Waals surface area (Å²) in [4.78, 5) is 16.9. The van der Waals surface area contributed by atoms with Crippen LogP contribution in [0.1, 0.15) is 12.0 Å². The van der Waals surface area contributed by atoms with Gasteiger partial charge in [0.15, 0.2) is 0 Å². The van der Waals surface area contributed by atoms with Gasteiger partial charge in [-0.1, -0.05) is 6.07 Å². The Labute approximate surface area is 106 Å². The third-order valence-corrected chi connectivity index (χ3v) is 2.49. The van der Waals surface area contributed by atoms with E-state index in [1.807, 2.05) is 17.0 Å². The molecule has 0 saturated heterocycles. The summed E-state index contributed by atoms with van der Waals surface area (Å²) < 4.78 is 0. The van der Waals surface area contributed by atoms with Gasteiger partial charge in [-0.05, 0) is 11.6 Å². The first-order valence-corrected chi connectivity index (χ1v) is 5.66. The van der Waals surface area contributed by atoms with E-state index in [0.29, 0.717) is 26.1 Å². The average Bonchev–Trinajstić information content (AvgIpc) is 2.37. The van der Waals surface area contributed by atoms with Crippen molar-refractivity contribution in [1.29, 1.82) is 5.26 Å². The highest BCUT2D eigenvalue weighted by Gasteiger charge is 2.15. The van der Waals surface area contributed by atoms with Crippen LogP contribution in [0.2, 0.25) is 0 Å². The minimum Gasteiger partial charge on any atom is -0.368 e. The SMILES string of the molecule is N#CCCN(Cc1cccnc1)CC(N)C(N)=O. The predicted molar refractivity (Wildman–Crippen MR) is 66.9 cm³/mol. The molecule has 0 aromatic carbocycles. The molecule has 0 bridgehead atoms. The second-order valence-corrected chi connectivity index (χ2v) is 4.01. The molecule has 0 fully saturated rings. The Morgan fingerprint density at radius 2 is 2.39 bits per heavy atom. The molecule has 96 valence electrons. The van der Waals surface area contributed by atoms with E-state index < -0.39 is 11.9 Å². The molecule has 0 radical (unpaired) electrons. The summed E-state index contributed by atoms with van der Waals surface area (Å²) in [6.45, 7) is 1.48. The number of carbonyl (C=O) groups is 1. The number of rotatable bonds is 7. The number of primary amides is 1. The van der Waals surface area contributed by atoms with E-state index in [-0.39, 0.29) is 0 Å². The lowest BCUT2D eigenvalue weighted by atomic mass is 10.2. The van der Waals surface area contributed by atoms with Gasteiger partial charge in [0, 0.05) is 38.4 Å². The van der Waals surface area contributed by atoms with Crippen LogP contribution in [0.3, 0.4) is 0 Å². The van der Waals surface area contributed by atoms with E-state index >= 15 is 0 Å². The van der Waals surface area contributed by atoms with Gasteiger partial charge in [0.2, 0.25) is 5.91 Å². The summed E-state index contributed by atoms with van der Waals surface area (Å²) in [6.07, 6.45) is 3.82. The molecule has 4 N–H and O–H groups in total. The first kappa shape index (κ1) is 14.1. The van der Waals surface area contributed by atoms with Gasteiger partial charge in [0.05, 0.1) is 12.1 Å². The first-order valence-electron chi connectivity index (χ1n) is 5.66. The molecule has 1 rings (SSSR count). The maximum atomic E-state index is 11.0. The molecule has 0 aliphatic heterocycles. The molecule has 18 heavy (non-hydrogen) atoms. The third-order valence-electron chi connectivity index (χ3n) is 2.49. The van der Waals surface area contributed by atoms with Crippen molar-refractivity contribution in [3.63, 3.8) is 0 Å². The van der Waals surface area contributed by atoms with E-state index in [9.17, 15) is 4.79 Å². The van der Waals surface area contributed by atoms with E-state index in [2.05, 4.69) is 11.1 Å². The van der Waals surface area contributed by atoms with E-state index in [4.69, 9.17) is 16.7 Å². The monoisotopic (exact) mass is 247 g/mol. The standard InChI is InChI=1S/C12H17N5O/c13-4-2-6-17(9-11(14)12(15)18)8-10-3-1-5-16-7-10/h1,3,5,7,11H,2,6,8-9,14H2,(H2,15,18). The van der Waals surface area contributed by atoms with Crippen LogP contribution < -0.4 is 11.5 Å². The number of carbonyl (C=O) groups excluding carboxylic acids is 1. The third kappa shape index (κ3) is 4.91. The molecule has 1 aromatic heterocycles. The average molecular weight is 247 g/mol. The molecule has 0 saturated carbocycles. The number of hydrogen-bond donors (Lipinski definition) is 2. The Morgan fingerprint density at radius 3 is 2.94 bits per heavy atom. The van der Waals surface area contributed by atoms with Crippen molar-refractivity contribution in [2.75, 3.05) is 13.1 Å². The van der Waals surface area contributed by atoms with E-state index in [0.717, 1.165) is 5.56 Å². The second-order valence-electron chi connectivity index (χ2n) is 4.01. The van der Waals surface area contributed by atoms with Crippen LogP contribution in [0.5, 0.6) is 0 Å². The van der Waals surface area contributed by atoms with Gasteiger partial charge in [0.25, 0.3) is 0 Å². The summed E-state index contributed by atoms with van der Waals surface area (Å²) in [5.74, 6) is -0.539. The molecule has 1 atom stereocenters. The molecule has 6 nitrogen and oxygen atoms in total. The van der Waals surface area contributed by atoms with Crippen molar-refractivity contribution in [2.24, 2.45) is 11.5 Å². The van der Waals surface area contributed by atoms with Gasteiger partial charge in [-0.3, -0.25) is 14.7 Å². The molecular formula is C12H17N5O. The summed E-state index contributed by atoms with van der Waals surface area (Å²) in [5, 5.41) is 8.61. The van der Waals surface area contributed by atoms with Crippen molar-refractivity contribution in [2.45, 2.75) is 19.0 Å². The quantitative estimate of drug-likeness (QED) is 0.682. The summed E-state index contributed by atoms with van der Waals surface area (Å²) in [5.41, 5.74) is 11.8. The Morgan fingerprint density at radius 1 is 1.61 bits per heavy atom. The lowest BCUT2D eigenvalue weighted by molar-refractivity contribution is -0.119. The largest absolute Gasteiger partial charge is 0.368 e. The number of amides is 1. The Balaban J connectivity index is 2.61. The lowest BCUT2D eigenvalue weighted by Gasteiger charge is -2.23. The molecule has 6 heteroatoms. The molecule has 1 heterocycles. The number of nitrogens with two attached hydrogens (primary N) is 2. The number of aromatic nitrogens is 1. The lowest BCUT2D eigenvalue weighted by Crippen LogP contribution is -2.46. The van der Waals surface area contributed by atoms with Crippen LogP contribution in [0.15, 0.2) is 24.5 Å². The number of nitrogens with zero attached hydrogens (tertiary/aromatic N) is 3. The van der Waals surface area contributed by atoms with Crippen molar-refractivity contribution >= 4 is 5.91 Å². The summed E-state index contributed by atoms with van der Waals surface area (Å²) >= 11 is 0. The predicted octanol–water partition coefficient (Wildman–Crippen LogP) is -0.390. The molecule has 1 aromatic rings. The molecule has 0 aliphatic rings. The molecular weight excluding hydrogens is 230 g/mol. The van der Waals surface area contributed by atoms with E-state index in [1.54, 1.807) is 12.4 Å². The zero-order chi connectivity index (χ0) is 13.4. The van der Waals surface area contributed by atoms with Gasteiger partial charge in [-0.25, -0.2) is 0 Å². The Bertz CT molecular complexity index is 414. The fraction of sp³-hybridized carbons (Fsp3) is 0.417. The molecule has 1 amide bonds. The highest BCUT2D eigenvalue weighted by atomic mass is 16.1. The molecule has 1 unspecified atom stereocenters. The van der Waals surface area contributed by atoms with Crippen LogP contribution in [0.25, 0.3) is 0 Å².